The van der Waals surface area contributed by atoms with Gasteiger partial charge in [-0.1, -0.05) is 11.6 Å². The monoisotopic (exact) mass is 427 g/mol. The van der Waals surface area contributed by atoms with E-state index in [1.54, 1.807) is 30.5 Å². The van der Waals surface area contributed by atoms with Gasteiger partial charge in [-0.05, 0) is 61.0 Å². The van der Waals surface area contributed by atoms with E-state index in [1.165, 1.54) is 6.07 Å². The average Bonchev–Trinajstić information content (AvgIpc) is 2.67. The highest BCUT2D eigenvalue weighted by Gasteiger charge is 2.08. The minimum Gasteiger partial charge on any atom is -0.366 e. The van der Waals surface area contributed by atoms with Crippen LogP contribution in [0.3, 0.4) is 0 Å². The molecule has 0 aliphatic carbocycles. The van der Waals surface area contributed by atoms with Crippen molar-refractivity contribution in [1.29, 1.82) is 0 Å². The van der Waals surface area contributed by atoms with Crippen LogP contribution in [-0.4, -0.2) is 15.0 Å². The summed E-state index contributed by atoms with van der Waals surface area (Å²) in [6.07, 6.45) is 1.70. The molecule has 29 heavy (non-hydrogen) atoms. The lowest BCUT2D eigenvalue weighted by Gasteiger charge is -2.12. The number of hydrogen-bond donors (Lipinski definition) is 2. The van der Waals surface area contributed by atoms with Gasteiger partial charge in [-0.25, -0.2) is 14.4 Å². The molecule has 0 amide bonds. The first-order valence-electron chi connectivity index (χ1n) is 8.83. The third-order valence-corrected chi connectivity index (χ3v) is 4.72. The summed E-state index contributed by atoms with van der Waals surface area (Å²) in [6, 6.07) is 14.0. The third kappa shape index (κ3) is 4.55. The number of hydrogen-bond acceptors (Lipinski definition) is 5. The summed E-state index contributed by atoms with van der Waals surface area (Å²) in [6.45, 7) is 2.07. The molecule has 0 unspecified atom stereocenters. The molecule has 0 atom stereocenters. The van der Waals surface area contributed by atoms with Gasteiger partial charge >= 0.3 is 0 Å². The van der Waals surface area contributed by atoms with Crippen LogP contribution in [0.5, 0.6) is 0 Å². The van der Waals surface area contributed by atoms with Crippen molar-refractivity contribution in [2.24, 2.45) is 0 Å². The first-order chi connectivity index (χ1) is 14.0. The zero-order chi connectivity index (χ0) is 20.4. The van der Waals surface area contributed by atoms with Crippen LogP contribution >= 0.6 is 23.2 Å². The molecule has 8 heteroatoms. The van der Waals surface area contributed by atoms with Gasteiger partial charge in [-0.2, -0.15) is 0 Å². The molecule has 2 aromatic carbocycles. The molecule has 4 aromatic rings. The second-order valence-corrected chi connectivity index (χ2v) is 7.24. The molecule has 0 fully saturated rings. The van der Waals surface area contributed by atoms with Gasteiger partial charge in [-0.3, -0.25) is 4.98 Å². The van der Waals surface area contributed by atoms with Gasteiger partial charge in [0.1, 0.15) is 11.6 Å². The van der Waals surface area contributed by atoms with Crippen molar-refractivity contribution in [1.82, 2.24) is 15.0 Å². The zero-order valence-corrected chi connectivity index (χ0v) is 16.9. The number of halogens is 3. The highest BCUT2D eigenvalue weighted by molar-refractivity contribution is 6.31. The Morgan fingerprint density at radius 1 is 1.00 bits per heavy atom. The Morgan fingerprint density at radius 2 is 1.86 bits per heavy atom. The summed E-state index contributed by atoms with van der Waals surface area (Å²) in [4.78, 5) is 12.4. The summed E-state index contributed by atoms with van der Waals surface area (Å²) in [5.41, 5.74) is 3.61. The van der Waals surface area contributed by atoms with Gasteiger partial charge in [0.25, 0.3) is 0 Å². The molecular formula is C21H16Cl2FN5. The van der Waals surface area contributed by atoms with Crippen LogP contribution in [0, 0.1) is 12.7 Å². The molecular weight excluding hydrogens is 412 g/mol. The number of aromatic nitrogens is 3. The van der Waals surface area contributed by atoms with Gasteiger partial charge in [0.2, 0.25) is 5.28 Å². The predicted molar refractivity (Wildman–Crippen MR) is 116 cm³/mol. The Balaban J connectivity index is 1.57. The minimum atomic E-state index is -0.314. The summed E-state index contributed by atoms with van der Waals surface area (Å²) in [5.74, 6) is 0.226. The number of aryl methyl sites for hydroxylation is 1. The lowest BCUT2D eigenvalue weighted by Crippen LogP contribution is -2.05. The maximum atomic E-state index is 14.3. The number of pyridine rings is 1. The van der Waals surface area contributed by atoms with Crippen LogP contribution in [0.25, 0.3) is 10.9 Å². The Labute approximate surface area is 176 Å². The number of fused-ring (bicyclic) bond motifs is 1. The number of nitrogens with one attached hydrogen (secondary N) is 2. The quantitative estimate of drug-likeness (QED) is 0.374. The van der Waals surface area contributed by atoms with E-state index in [4.69, 9.17) is 23.2 Å². The Kier molecular flexibility index (Phi) is 5.47. The molecule has 0 bridgehead atoms. The molecule has 2 aromatic heterocycles. The van der Waals surface area contributed by atoms with Crippen LogP contribution in [0.2, 0.25) is 10.3 Å². The Morgan fingerprint density at radius 3 is 2.69 bits per heavy atom. The van der Waals surface area contributed by atoms with E-state index < -0.39 is 0 Å². The highest BCUT2D eigenvalue weighted by atomic mass is 35.5. The van der Waals surface area contributed by atoms with Crippen LogP contribution in [-0.2, 0) is 6.54 Å². The number of rotatable bonds is 5. The molecule has 146 valence electrons. The van der Waals surface area contributed by atoms with Gasteiger partial charge in [0.05, 0.1) is 5.52 Å². The molecule has 0 aliphatic heterocycles. The number of anilines is 3. The SMILES string of the molecule is Cc1cc(NCc2cc(Nc3ccnc4cc(Cl)ccc34)ccc2F)nc(Cl)n1. The molecule has 2 N–H and O–H groups in total. The number of nitrogens with zero attached hydrogens (tertiary/aromatic N) is 3. The smallest absolute Gasteiger partial charge is 0.224 e. The summed E-state index contributed by atoms with van der Waals surface area (Å²) < 4.78 is 14.3. The maximum absolute atomic E-state index is 14.3. The van der Waals surface area contributed by atoms with Crippen molar-refractivity contribution >= 4 is 51.3 Å². The van der Waals surface area contributed by atoms with Crippen LogP contribution in [0.15, 0.2) is 54.7 Å². The fraction of sp³-hybridized carbons (Fsp3) is 0.0952. The molecule has 0 spiro atoms. The van der Waals surface area contributed by atoms with Crippen LogP contribution in [0.1, 0.15) is 11.3 Å². The average molecular weight is 428 g/mol. The molecule has 0 saturated heterocycles. The topological polar surface area (TPSA) is 62.7 Å². The second-order valence-electron chi connectivity index (χ2n) is 6.47. The normalized spacial score (nSPS) is 10.9. The maximum Gasteiger partial charge on any atom is 0.224 e. The van der Waals surface area contributed by atoms with Gasteiger partial charge in [0.15, 0.2) is 0 Å². The van der Waals surface area contributed by atoms with Gasteiger partial charge < -0.3 is 10.6 Å². The molecule has 4 rings (SSSR count). The Bertz CT molecular complexity index is 1180. The lowest BCUT2D eigenvalue weighted by atomic mass is 10.1. The first-order valence-corrected chi connectivity index (χ1v) is 9.58. The van der Waals surface area contributed by atoms with E-state index in [2.05, 4.69) is 25.6 Å². The summed E-state index contributed by atoms with van der Waals surface area (Å²) in [7, 11) is 0. The van der Waals surface area contributed by atoms with Crippen molar-refractivity contribution < 1.29 is 4.39 Å². The highest BCUT2D eigenvalue weighted by Crippen LogP contribution is 2.28. The Hall–Kier alpha value is -2.96. The summed E-state index contributed by atoms with van der Waals surface area (Å²) in [5, 5.41) is 8.10. The van der Waals surface area contributed by atoms with E-state index in [0.29, 0.717) is 16.4 Å². The van der Waals surface area contributed by atoms with Gasteiger partial charge in [-0.15, -0.1) is 0 Å². The molecule has 0 radical (unpaired) electrons. The van der Waals surface area contributed by atoms with E-state index in [9.17, 15) is 4.39 Å². The van der Waals surface area contributed by atoms with Gasteiger partial charge in [0, 0.05) is 51.8 Å². The fourth-order valence-corrected chi connectivity index (χ4v) is 3.37. The van der Waals surface area contributed by atoms with Crippen molar-refractivity contribution in [2.75, 3.05) is 10.6 Å². The van der Waals surface area contributed by atoms with E-state index in [1.807, 2.05) is 25.1 Å². The van der Waals surface area contributed by atoms with Crippen LogP contribution < -0.4 is 10.6 Å². The van der Waals surface area contributed by atoms with E-state index in [0.717, 1.165) is 28.0 Å². The van der Waals surface area contributed by atoms with Crippen molar-refractivity contribution in [3.63, 3.8) is 0 Å². The third-order valence-electron chi connectivity index (χ3n) is 4.32. The van der Waals surface area contributed by atoms with Crippen molar-refractivity contribution in [3.8, 4) is 0 Å². The van der Waals surface area contributed by atoms with Crippen molar-refractivity contribution in [2.45, 2.75) is 13.5 Å². The minimum absolute atomic E-state index is 0.146. The number of benzene rings is 2. The lowest BCUT2D eigenvalue weighted by molar-refractivity contribution is 0.613. The standard InChI is InChI=1S/C21H16Cl2FN5/c1-12-8-20(29-21(23)27-12)26-11-13-9-15(3-5-17(13)24)28-18-6-7-25-19-10-14(22)2-4-16(18)19/h2-10H,11H2,1H3,(H,25,28)(H,26,27,29). The summed E-state index contributed by atoms with van der Waals surface area (Å²) >= 11 is 11.9. The van der Waals surface area contributed by atoms with E-state index in [-0.39, 0.29) is 17.6 Å². The fourth-order valence-electron chi connectivity index (χ4n) is 2.98. The molecule has 0 saturated carbocycles. The van der Waals surface area contributed by atoms with E-state index >= 15 is 0 Å². The molecule has 2 heterocycles. The second kappa shape index (κ2) is 8.19. The first kappa shape index (κ1) is 19.4. The zero-order valence-electron chi connectivity index (χ0n) is 15.4. The molecule has 0 aliphatic rings. The predicted octanol–water partition coefficient (Wildman–Crippen LogP) is 6.13. The van der Waals surface area contributed by atoms with Crippen molar-refractivity contribution in [3.05, 3.63) is 82.1 Å². The van der Waals surface area contributed by atoms with Crippen LogP contribution in [0.4, 0.5) is 21.6 Å². The molecule has 5 nitrogen and oxygen atoms in total. The largest absolute Gasteiger partial charge is 0.366 e.